The Hall–Kier alpha value is -5.48. The van der Waals surface area contributed by atoms with Crippen LogP contribution in [0.15, 0.2) is 115 Å². The minimum atomic E-state index is -1.21. The summed E-state index contributed by atoms with van der Waals surface area (Å²) in [6.45, 7) is 4.69. The first-order valence-corrected chi connectivity index (χ1v) is 18.5. The van der Waals surface area contributed by atoms with Gasteiger partial charge in [-0.25, -0.2) is 4.79 Å². The van der Waals surface area contributed by atoms with Crippen molar-refractivity contribution in [2.45, 2.75) is 38.5 Å². The van der Waals surface area contributed by atoms with Gasteiger partial charge in [0, 0.05) is 36.0 Å². The largest absolute Gasteiger partial charge is 0.477 e. The van der Waals surface area contributed by atoms with Crippen LogP contribution < -0.4 is 0 Å². The van der Waals surface area contributed by atoms with Crippen molar-refractivity contribution in [3.63, 3.8) is 0 Å². The van der Waals surface area contributed by atoms with Crippen molar-refractivity contribution in [3.05, 3.63) is 142 Å². The van der Waals surface area contributed by atoms with Gasteiger partial charge in [0.15, 0.2) is 0 Å². The van der Waals surface area contributed by atoms with E-state index in [1.165, 1.54) is 89.1 Å². The monoisotopic (exact) mass is 684 g/mol. The molecule has 0 aliphatic heterocycles. The molecule has 1 N–H and O–H groups in total. The highest BCUT2D eigenvalue weighted by molar-refractivity contribution is 7.24. The van der Waals surface area contributed by atoms with E-state index in [1.54, 1.807) is 17.4 Å². The summed E-state index contributed by atoms with van der Waals surface area (Å²) >= 11 is 3.24. The molecule has 0 spiro atoms. The fourth-order valence-electron chi connectivity index (χ4n) is 8.09. The molecule has 9 rings (SSSR count). The number of fused-ring (bicyclic) bond motifs is 3. The summed E-state index contributed by atoms with van der Waals surface area (Å²) in [7, 11) is 0. The zero-order chi connectivity index (χ0) is 34.1. The third kappa shape index (κ3) is 4.73. The number of nitriles is 1. The van der Waals surface area contributed by atoms with E-state index in [4.69, 9.17) is 0 Å². The Morgan fingerprint density at radius 2 is 1.54 bits per heavy atom. The van der Waals surface area contributed by atoms with Crippen molar-refractivity contribution in [1.82, 2.24) is 4.57 Å². The van der Waals surface area contributed by atoms with Crippen molar-refractivity contribution in [3.8, 4) is 54.3 Å². The lowest BCUT2D eigenvalue weighted by atomic mass is 9.82. The Bertz CT molecular complexity index is 2590. The summed E-state index contributed by atoms with van der Waals surface area (Å²) < 4.78 is 2.53. The third-order valence-corrected chi connectivity index (χ3v) is 12.8. The van der Waals surface area contributed by atoms with Gasteiger partial charge < -0.3 is 9.67 Å². The standard InChI is InChI=1S/C44H32N2O2S2/c1-44(2)35-14-7-6-12-32(35)33-17-15-30(24-36(33)44)46-37-23-28(21-27-11-8-13-34(41(27)37)42(46)26-9-4-3-5-10-26)38-19-20-40(50-38)39-18-16-31(49-39)22-29(25-45)43(47)48/h3-7,9-10,12,14-24H,8,11,13H2,1-2H3,(H,47,48)/b29-22-. The number of hydrogen-bond donors (Lipinski definition) is 1. The minimum absolute atomic E-state index is 0.0977. The van der Waals surface area contributed by atoms with Crippen LogP contribution in [0.25, 0.3) is 65.2 Å². The van der Waals surface area contributed by atoms with E-state index in [9.17, 15) is 15.2 Å². The van der Waals surface area contributed by atoms with E-state index in [-0.39, 0.29) is 11.0 Å². The number of carboxylic acid groups (broad SMARTS) is 1. The molecule has 242 valence electrons. The van der Waals surface area contributed by atoms with E-state index in [0.29, 0.717) is 0 Å². The lowest BCUT2D eigenvalue weighted by molar-refractivity contribution is -0.132. The molecule has 2 aliphatic carbocycles. The molecule has 0 bridgehead atoms. The van der Waals surface area contributed by atoms with Crippen LogP contribution in [0.1, 0.15) is 47.4 Å². The summed E-state index contributed by atoms with van der Waals surface area (Å²) in [5.74, 6) is -1.21. The van der Waals surface area contributed by atoms with Crippen molar-refractivity contribution in [2.24, 2.45) is 0 Å². The molecule has 3 heterocycles. The number of nitrogens with zero attached hydrogens (tertiary/aromatic N) is 2. The molecule has 7 aromatic rings. The third-order valence-electron chi connectivity index (χ3n) is 10.4. The maximum absolute atomic E-state index is 11.4. The molecule has 0 amide bonds. The van der Waals surface area contributed by atoms with Crippen LogP contribution >= 0.6 is 22.7 Å². The van der Waals surface area contributed by atoms with Crippen molar-refractivity contribution >= 4 is 45.6 Å². The molecule has 3 aromatic heterocycles. The number of aromatic nitrogens is 1. The summed E-state index contributed by atoms with van der Waals surface area (Å²) in [5.41, 5.74) is 14.0. The normalized spacial score (nSPS) is 14.4. The maximum Gasteiger partial charge on any atom is 0.346 e. The van der Waals surface area contributed by atoms with E-state index < -0.39 is 5.97 Å². The first-order valence-electron chi connectivity index (χ1n) is 16.9. The number of rotatable bonds is 6. The van der Waals surface area contributed by atoms with Gasteiger partial charge in [-0.1, -0.05) is 74.5 Å². The Labute approximate surface area is 298 Å². The lowest BCUT2D eigenvalue weighted by Gasteiger charge is -2.22. The topological polar surface area (TPSA) is 66.0 Å². The van der Waals surface area contributed by atoms with Gasteiger partial charge in [0.1, 0.15) is 11.6 Å². The van der Waals surface area contributed by atoms with Crippen molar-refractivity contribution < 1.29 is 9.90 Å². The van der Waals surface area contributed by atoms with Crippen LogP contribution in [0.2, 0.25) is 0 Å². The van der Waals surface area contributed by atoms with Gasteiger partial charge in [0.05, 0.1) is 11.2 Å². The lowest BCUT2D eigenvalue weighted by Crippen LogP contribution is -2.15. The Kier molecular flexibility index (Phi) is 7.06. The molecule has 4 aromatic carbocycles. The molecule has 0 atom stereocenters. The molecule has 0 saturated heterocycles. The van der Waals surface area contributed by atoms with Crippen LogP contribution in [0.4, 0.5) is 0 Å². The predicted octanol–water partition coefficient (Wildman–Crippen LogP) is 11.5. The Balaban J connectivity index is 1.22. The highest BCUT2D eigenvalue weighted by Gasteiger charge is 2.36. The first kappa shape index (κ1) is 30.6. The SMILES string of the molecule is CC1(C)c2ccccc2-c2ccc(-n3c(-c4ccccc4)c4c5c(cc(-c6ccc(-c7ccc(/C=C(/C#N)C(=O)O)s7)s6)cc53)CCC4)cc21. The molecule has 0 fully saturated rings. The molecule has 0 unspecified atom stereocenters. The molecule has 4 nitrogen and oxygen atoms in total. The van der Waals surface area contributed by atoms with E-state index in [1.807, 2.05) is 12.1 Å². The first-order chi connectivity index (χ1) is 24.3. The smallest absolute Gasteiger partial charge is 0.346 e. The van der Waals surface area contributed by atoms with Gasteiger partial charge in [-0.05, 0) is 118 Å². The second-order valence-electron chi connectivity index (χ2n) is 13.7. The number of carboxylic acids is 1. The zero-order valence-corrected chi connectivity index (χ0v) is 29.3. The average Bonchev–Trinajstić information content (AvgIpc) is 3.92. The van der Waals surface area contributed by atoms with Gasteiger partial charge in [-0.15, -0.1) is 22.7 Å². The maximum atomic E-state index is 11.4. The van der Waals surface area contributed by atoms with Crippen LogP contribution in [0.5, 0.6) is 0 Å². The van der Waals surface area contributed by atoms with E-state index in [2.05, 4.69) is 115 Å². The zero-order valence-electron chi connectivity index (χ0n) is 27.7. The average molecular weight is 685 g/mol. The van der Waals surface area contributed by atoms with E-state index >= 15 is 0 Å². The fraction of sp³-hybridized carbons (Fsp3) is 0.136. The number of thiophene rings is 2. The molecule has 50 heavy (non-hydrogen) atoms. The van der Waals surface area contributed by atoms with Crippen molar-refractivity contribution in [1.29, 1.82) is 5.26 Å². The highest BCUT2D eigenvalue weighted by Crippen LogP contribution is 2.50. The second-order valence-corrected chi connectivity index (χ2v) is 15.9. The molecular weight excluding hydrogens is 653 g/mol. The highest BCUT2D eigenvalue weighted by atomic mass is 32.1. The molecule has 2 aliphatic rings. The van der Waals surface area contributed by atoms with Crippen LogP contribution in [0, 0.1) is 11.3 Å². The molecule has 6 heteroatoms. The number of benzene rings is 4. The Morgan fingerprint density at radius 3 is 2.36 bits per heavy atom. The molecular formula is C44H32N2O2S2. The summed E-state index contributed by atoms with van der Waals surface area (Å²) in [4.78, 5) is 15.5. The van der Waals surface area contributed by atoms with Gasteiger partial charge in [-0.2, -0.15) is 5.26 Å². The molecule has 0 saturated carbocycles. The van der Waals surface area contributed by atoms with Crippen LogP contribution in [0.3, 0.4) is 0 Å². The van der Waals surface area contributed by atoms with Gasteiger partial charge >= 0.3 is 5.97 Å². The van der Waals surface area contributed by atoms with Crippen molar-refractivity contribution in [2.75, 3.05) is 0 Å². The Morgan fingerprint density at radius 1 is 0.800 bits per heavy atom. The van der Waals surface area contributed by atoms with Crippen LogP contribution in [-0.2, 0) is 23.1 Å². The van der Waals surface area contributed by atoms with E-state index in [0.717, 1.165) is 33.9 Å². The quantitative estimate of drug-likeness (QED) is 0.140. The second kappa shape index (κ2) is 11.6. The number of hydrogen-bond acceptors (Lipinski definition) is 4. The van der Waals surface area contributed by atoms with Gasteiger partial charge in [0.2, 0.25) is 0 Å². The fourth-order valence-corrected chi connectivity index (χ4v) is 10.1. The summed E-state index contributed by atoms with van der Waals surface area (Å²) in [6.07, 6.45) is 4.66. The van der Waals surface area contributed by atoms with Gasteiger partial charge in [0.25, 0.3) is 0 Å². The minimum Gasteiger partial charge on any atom is -0.477 e. The number of aryl methyl sites for hydroxylation is 2. The van der Waals surface area contributed by atoms with Gasteiger partial charge in [-0.3, -0.25) is 0 Å². The number of carbonyl (C=O) groups is 1. The summed E-state index contributed by atoms with van der Waals surface area (Å²) in [6, 6.07) is 41.6. The van der Waals surface area contributed by atoms with Crippen LogP contribution in [-0.4, -0.2) is 15.6 Å². The predicted molar refractivity (Wildman–Crippen MR) is 206 cm³/mol. The summed E-state index contributed by atoms with van der Waals surface area (Å²) in [5, 5.41) is 19.9. The number of aliphatic carboxylic acids is 1. The molecule has 0 radical (unpaired) electrons.